The molecular weight excluding hydrogens is 798 g/mol. The molecule has 1 aromatic carbocycles. The van der Waals surface area contributed by atoms with E-state index in [1.165, 1.54) is 72.8 Å². The van der Waals surface area contributed by atoms with Crippen LogP contribution in [-0.2, 0) is 20.0 Å². The van der Waals surface area contributed by atoms with E-state index in [1.807, 2.05) is 23.3 Å². The molecule has 0 spiro atoms. The summed E-state index contributed by atoms with van der Waals surface area (Å²) in [6, 6.07) is 17.0. The summed E-state index contributed by atoms with van der Waals surface area (Å²) >= 11 is 17.3. The highest BCUT2D eigenvalue weighted by atomic mass is 35.5. The third-order valence-corrected chi connectivity index (χ3v) is 9.56. The van der Waals surface area contributed by atoms with Gasteiger partial charge in [-0.1, -0.05) is 60.8 Å². The average molecular weight is 826 g/mol. The zero-order valence-electron chi connectivity index (χ0n) is 27.4. The molecule has 0 bridgehead atoms. The number of carbonyl (C=O) groups excluding carboxylic acids is 2. The minimum Gasteiger partial charge on any atom is -0.493 e. The van der Waals surface area contributed by atoms with Crippen molar-refractivity contribution in [1.29, 1.82) is 0 Å². The standard InChI is InChI=1S/C21H20ClFN4O4S.C11H8Cl2N4O3S/c1-12(2)11-31-15-9-13(8-14(23)10-15)20-16(6-7-17(22)25-20)21(28)27-32(29,30)19-5-3-4-18(24)26-19;12-7-5-4-6(10(13)15-7)11(18)17-21(19,20)9-3-1-2-8(14)16-9/h3-10,12H,11H2,1-2H3,(H2,24,26)(H,27,28);1-5H,(H2,14,16)(H,17,18). The van der Waals surface area contributed by atoms with E-state index in [0.29, 0.717) is 6.61 Å². The topological polar surface area (TPSA) is 239 Å². The SMILES string of the molecule is CC(C)COc1cc(F)cc(-c2nc(Cl)ccc2C(=O)NS(=O)(=O)c2cccc(N)n2)c1.Nc1cccc(S(=O)(=O)NC(=O)c2ccc(Cl)nc2Cl)n1. The Hall–Kier alpha value is -5.14. The van der Waals surface area contributed by atoms with Gasteiger partial charge in [0, 0.05) is 11.6 Å². The lowest BCUT2D eigenvalue weighted by atomic mass is 10.0. The molecule has 0 radical (unpaired) electrons. The Morgan fingerprint density at radius 1 is 0.736 bits per heavy atom. The summed E-state index contributed by atoms with van der Waals surface area (Å²) < 4.78 is 72.7. The monoisotopic (exact) mass is 824 g/mol. The Bertz CT molecular complexity index is 2410. The van der Waals surface area contributed by atoms with Crippen LogP contribution in [0.15, 0.2) is 88.9 Å². The van der Waals surface area contributed by atoms with Crippen molar-refractivity contribution in [1.82, 2.24) is 29.4 Å². The molecule has 0 saturated heterocycles. The summed E-state index contributed by atoms with van der Waals surface area (Å²) in [5.41, 5.74) is 10.8. The van der Waals surface area contributed by atoms with Gasteiger partial charge in [-0.2, -0.15) is 16.8 Å². The summed E-state index contributed by atoms with van der Waals surface area (Å²) in [6.07, 6.45) is 0. The number of nitrogens with two attached hydrogens (primary N) is 2. The van der Waals surface area contributed by atoms with Gasteiger partial charge in [0.05, 0.1) is 23.4 Å². The van der Waals surface area contributed by atoms with Crippen LogP contribution in [-0.4, -0.2) is 55.2 Å². The quantitative estimate of drug-likeness (QED) is 0.133. The predicted molar refractivity (Wildman–Crippen MR) is 196 cm³/mol. The van der Waals surface area contributed by atoms with Gasteiger partial charge in [-0.3, -0.25) is 9.59 Å². The van der Waals surface area contributed by atoms with Crippen LogP contribution in [0.1, 0.15) is 34.6 Å². The van der Waals surface area contributed by atoms with E-state index >= 15 is 0 Å². The molecule has 0 saturated carbocycles. The first-order valence-corrected chi connectivity index (χ1v) is 19.0. The smallest absolute Gasteiger partial charge is 0.281 e. The summed E-state index contributed by atoms with van der Waals surface area (Å²) in [4.78, 5) is 39.9. The molecule has 0 aliphatic carbocycles. The maximum Gasteiger partial charge on any atom is 0.281 e. The van der Waals surface area contributed by atoms with Gasteiger partial charge in [0.25, 0.3) is 31.9 Å². The Balaban J connectivity index is 0.000000258. The van der Waals surface area contributed by atoms with Crippen LogP contribution in [0.25, 0.3) is 11.3 Å². The molecule has 6 N–H and O–H groups in total. The number of anilines is 2. The van der Waals surface area contributed by atoms with Gasteiger partial charge in [-0.05, 0) is 66.6 Å². The number of ether oxygens (including phenoxy) is 1. The van der Waals surface area contributed by atoms with Crippen molar-refractivity contribution < 1.29 is 35.6 Å². The van der Waals surface area contributed by atoms with E-state index in [0.717, 1.165) is 6.07 Å². The third kappa shape index (κ3) is 11.2. The van der Waals surface area contributed by atoms with E-state index < -0.39 is 42.7 Å². The third-order valence-electron chi connectivity index (χ3n) is 6.39. The highest BCUT2D eigenvalue weighted by Gasteiger charge is 2.25. The number of sulfonamides is 2. The highest BCUT2D eigenvalue weighted by molar-refractivity contribution is 7.90. The zero-order valence-corrected chi connectivity index (χ0v) is 31.3. The molecular formula is C32H28Cl3FN8O7S2. The van der Waals surface area contributed by atoms with Crippen molar-refractivity contribution in [3.8, 4) is 17.0 Å². The summed E-state index contributed by atoms with van der Waals surface area (Å²) in [7, 11) is -8.49. The molecule has 278 valence electrons. The summed E-state index contributed by atoms with van der Waals surface area (Å²) in [5, 5.41) is -0.906. The van der Waals surface area contributed by atoms with Crippen LogP contribution in [0.2, 0.25) is 15.5 Å². The first-order valence-electron chi connectivity index (χ1n) is 14.9. The number of halogens is 4. The number of amides is 2. The number of carbonyl (C=O) groups is 2. The van der Waals surface area contributed by atoms with Gasteiger partial charge in [0.15, 0.2) is 10.1 Å². The molecule has 5 rings (SSSR count). The molecule has 53 heavy (non-hydrogen) atoms. The van der Waals surface area contributed by atoms with Gasteiger partial charge in [-0.25, -0.2) is 33.8 Å². The molecule has 5 aromatic rings. The minimum absolute atomic E-state index is 0.0107. The lowest BCUT2D eigenvalue weighted by molar-refractivity contribution is 0.0972. The van der Waals surface area contributed by atoms with E-state index in [1.54, 1.807) is 0 Å². The summed E-state index contributed by atoms with van der Waals surface area (Å²) in [5.74, 6) is -2.14. The molecule has 2 amide bonds. The molecule has 21 heteroatoms. The molecule has 4 heterocycles. The zero-order chi connectivity index (χ0) is 39.1. The highest BCUT2D eigenvalue weighted by Crippen LogP contribution is 2.29. The molecule has 0 fully saturated rings. The van der Waals surface area contributed by atoms with Crippen LogP contribution >= 0.6 is 34.8 Å². The number of pyridine rings is 4. The lowest BCUT2D eigenvalue weighted by Crippen LogP contribution is -2.31. The number of aromatic nitrogens is 4. The Morgan fingerprint density at radius 2 is 1.25 bits per heavy atom. The van der Waals surface area contributed by atoms with E-state index in [-0.39, 0.29) is 66.2 Å². The molecule has 4 aromatic heterocycles. The number of benzene rings is 1. The second kappa shape index (κ2) is 17.1. The van der Waals surface area contributed by atoms with Gasteiger partial charge < -0.3 is 16.2 Å². The van der Waals surface area contributed by atoms with Crippen molar-refractivity contribution >= 4 is 78.3 Å². The van der Waals surface area contributed by atoms with E-state index in [2.05, 4.69) is 19.9 Å². The second-order valence-electron chi connectivity index (χ2n) is 11.1. The predicted octanol–water partition coefficient (Wildman–Crippen LogP) is 5.16. The summed E-state index contributed by atoms with van der Waals surface area (Å²) in [6.45, 7) is 4.23. The molecule has 0 atom stereocenters. The molecule has 0 aliphatic heterocycles. The number of rotatable bonds is 10. The van der Waals surface area contributed by atoms with Crippen molar-refractivity contribution in [3.05, 3.63) is 111 Å². The fourth-order valence-electron chi connectivity index (χ4n) is 4.09. The average Bonchev–Trinajstić information content (AvgIpc) is 3.07. The van der Waals surface area contributed by atoms with Crippen molar-refractivity contribution in [2.75, 3.05) is 18.1 Å². The number of hydrogen-bond acceptors (Lipinski definition) is 13. The first-order chi connectivity index (χ1) is 24.8. The maximum absolute atomic E-state index is 14.2. The lowest BCUT2D eigenvalue weighted by Gasteiger charge is -2.13. The van der Waals surface area contributed by atoms with E-state index in [9.17, 15) is 30.8 Å². The van der Waals surface area contributed by atoms with Crippen molar-refractivity contribution in [2.24, 2.45) is 5.92 Å². The fourth-order valence-corrected chi connectivity index (χ4v) is 6.55. The van der Waals surface area contributed by atoms with Crippen LogP contribution in [0.3, 0.4) is 0 Å². The van der Waals surface area contributed by atoms with Crippen LogP contribution in [0.5, 0.6) is 5.75 Å². The van der Waals surface area contributed by atoms with Gasteiger partial charge in [-0.15, -0.1) is 0 Å². The Labute approximate surface area is 318 Å². The first kappa shape index (κ1) is 40.6. The van der Waals surface area contributed by atoms with E-state index in [4.69, 9.17) is 51.0 Å². The Morgan fingerprint density at radius 3 is 1.75 bits per heavy atom. The van der Waals surface area contributed by atoms with Crippen molar-refractivity contribution in [2.45, 2.75) is 23.9 Å². The number of nitrogens with one attached hydrogen (secondary N) is 2. The van der Waals surface area contributed by atoms with Crippen LogP contribution < -0.4 is 25.6 Å². The fraction of sp³-hybridized carbons (Fsp3) is 0.125. The second-order valence-corrected chi connectivity index (χ2v) is 15.4. The van der Waals surface area contributed by atoms with Crippen LogP contribution in [0.4, 0.5) is 16.0 Å². The largest absolute Gasteiger partial charge is 0.493 e. The number of hydrogen-bond donors (Lipinski definition) is 4. The molecule has 15 nitrogen and oxygen atoms in total. The number of nitrogens with zero attached hydrogens (tertiary/aromatic N) is 4. The molecule has 0 aliphatic rings. The van der Waals surface area contributed by atoms with Crippen molar-refractivity contribution in [3.63, 3.8) is 0 Å². The van der Waals surface area contributed by atoms with Gasteiger partial charge in [0.1, 0.15) is 38.7 Å². The van der Waals surface area contributed by atoms with Gasteiger partial charge in [0.2, 0.25) is 0 Å². The maximum atomic E-state index is 14.2. The normalized spacial score (nSPS) is 11.3. The number of nitrogen functional groups attached to an aromatic ring is 2. The molecule has 0 unspecified atom stereocenters. The van der Waals surface area contributed by atoms with Crippen LogP contribution in [0, 0.1) is 11.7 Å². The Kier molecular flexibility index (Phi) is 13.1. The minimum atomic E-state index is -4.32. The van der Waals surface area contributed by atoms with Gasteiger partial charge >= 0.3 is 0 Å².